The maximum absolute atomic E-state index is 14.9. The first-order chi connectivity index (χ1) is 15.0. The van der Waals surface area contributed by atoms with Gasteiger partial charge in [0, 0.05) is 16.7 Å². The molecule has 0 nitrogen and oxygen atoms in total. The predicted octanol–water partition coefficient (Wildman–Crippen LogP) is 9.08. The van der Waals surface area contributed by atoms with E-state index in [1.54, 1.807) is 24.3 Å². The van der Waals surface area contributed by atoms with Crippen molar-refractivity contribution in [2.45, 2.75) is 21.3 Å². The Kier molecular flexibility index (Phi) is 6.99. The summed E-state index contributed by atoms with van der Waals surface area (Å²) in [6.07, 6.45) is 3.84. The summed E-state index contributed by atoms with van der Waals surface area (Å²) >= 11 is 0. The molecule has 162 valence electrons. The van der Waals surface area contributed by atoms with Crippen molar-refractivity contribution in [3.05, 3.63) is 114 Å². The van der Waals surface area contributed by atoms with Gasteiger partial charge in [0.05, 0.1) is 0 Å². The highest BCUT2D eigenvalue weighted by Gasteiger charge is 2.17. The summed E-state index contributed by atoms with van der Waals surface area (Å²) in [5.74, 6) is -2.42. The quantitative estimate of drug-likeness (QED) is 0.303. The van der Waals surface area contributed by atoms with Crippen LogP contribution in [0.4, 0.5) is 13.2 Å². The first kappa shape index (κ1) is 23.1. The Morgan fingerprint density at radius 1 is 0.594 bits per heavy atom. The zero-order valence-electron chi connectivity index (χ0n) is 17.3. The fourth-order valence-corrected chi connectivity index (χ4v) is 3.61. The summed E-state index contributed by atoms with van der Waals surface area (Å²) in [6.45, 7) is 3.87. The second kappa shape index (κ2) is 9.69. The lowest BCUT2D eigenvalue weighted by atomic mass is 9.96. The molecule has 0 radical (unpaired) electrons. The molecule has 4 rings (SSSR count). The highest BCUT2D eigenvalue weighted by Crippen LogP contribution is 2.34. The van der Waals surface area contributed by atoms with Crippen LogP contribution in [0.15, 0.2) is 84.9 Å². The van der Waals surface area contributed by atoms with E-state index < -0.39 is 17.5 Å². The zero-order valence-corrected chi connectivity index (χ0v) is 17.3. The van der Waals surface area contributed by atoms with Crippen molar-refractivity contribution in [2.75, 3.05) is 0 Å². The van der Waals surface area contributed by atoms with Gasteiger partial charge in [0.1, 0.15) is 5.82 Å². The first-order valence-electron chi connectivity index (χ1n) is 10.1. The third-order valence-corrected chi connectivity index (χ3v) is 5.31. The van der Waals surface area contributed by atoms with Crippen molar-refractivity contribution in [3.63, 3.8) is 0 Å². The molecule has 3 heteroatoms. The minimum Gasteiger partial charge on any atom is -0.206 e. The second-order valence-electron chi connectivity index (χ2n) is 7.47. The molecule has 0 fully saturated rings. The van der Waals surface area contributed by atoms with Crippen molar-refractivity contribution in [1.82, 2.24) is 0 Å². The van der Waals surface area contributed by atoms with Gasteiger partial charge in [-0.25, -0.2) is 13.2 Å². The largest absolute Gasteiger partial charge is 0.206 e. The molecular formula is C29H25F3. The maximum Gasteiger partial charge on any atom is 0.167 e. The predicted molar refractivity (Wildman–Crippen MR) is 129 cm³/mol. The molecule has 0 N–H and O–H groups in total. The van der Waals surface area contributed by atoms with Crippen LogP contribution in [0.2, 0.25) is 0 Å². The monoisotopic (exact) mass is 430 g/mol. The van der Waals surface area contributed by atoms with Crippen LogP contribution in [-0.2, 0) is 0 Å². The number of hydrogen-bond donors (Lipinski definition) is 0. The molecule has 0 amide bonds. The standard InChI is InChI=1S/C28H21F3.CH4/c1-3-4-19-7-11-21(12-8-19)24-15-16-25(28(31)27(24)30)22-13-14-23(26(29)17-22)20-9-5-18(2)6-10-20;/h3-17H,1-2H3;1H4. The summed E-state index contributed by atoms with van der Waals surface area (Å²) in [5.41, 5.74) is 4.28. The van der Waals surface area contributed by atoms with E-state index in [0.29, 0.717) is 16.7 Å². The Morgan fingerprint density at radius 3 is 1.62 bits per heavy atom. The van der Waals surface area contributed by atoms with Gasteiger partial charge in [0.25, 0.3) is 0 Å². The summed E-state index contributed by atoms with van der Waals surface area (Å²) in [6, 6.07) is 22.2. The Labute approximate surface area is 187 Å². The van der Waals surface area contributed by atoms with Crippen LogP contribution in [0.25, 0.3) is 39.5 Å². The highest BCUT2D eigenvalue weighted by atomic mass is 19.2. The smallest absolute Gasteiger partial charge is 0.167 e. The summed E-state index contributed by atoms with van der Waals surface area (Å²) in [7, 11) is 0. The Bertz CT molecular complexity index is 1250. The van der Waals surface area contributed by atoms with Crippen LogP contribution in [0, 0.1) is 24.4 Å². The normalized spacial score (nSPS) is 10.9. The van der Waals surface area contributed by atoms with Crippen molar-refractivity contribution in [2.24, 2.45) is 0 Å². The lowest BCUT2D eigenvalue weighted by Crippen LogP contribution is -1.95. The molecule has 0 aromatic heterocycles. The molecule has 0 saturated carbocycles. The average molecular weight is 431 g/mol. The van der Waals surface area contributed by atoms with Gasteiger partial charge in [-0.15, -0.1) is 0 Å². The Morgan fingerprint density at radius 2 is 1.06 bits per heavy atom. The Balaban J connectivity index is 0.00000289. The summed E-state index contributed by atoms with van der Waals surface area (Å²) in [5, 5.41) is 0. The number of allylic oxidation sites excluding steroid dienone is 1. The third-order valence-electron chi connectivity index (χ3n) is 5.31. The van der Waals surface area contributed by atoms with Gasteiger partial charge in [-0.3, -0.25) is 0 Å². The first-order valence-corrected chi connectivity index (χ1v) is 10.1. The number of hydrogen-bond acceptors (Lipinski definition) is 0. The molecule has 0 spiro atoms. The van der Waals surface area contributed by atoms with E-state index >= 15 is 0 Å². The lowest BCUT2D eigenvalue weighted by molar-refractivity contribution is 0.513. The molecule has 4 aromatic rings. The van der Waals surface area contributed by atoms with E-state index in [2.05, 4.69) is 0 Å². The number of benzene rings is 4. The van der Waals surface area contributed by atoms with Crippen LogP contribution in [-0.4, -0.2) is 0 Å². The molecule has 4 aromatic carbocycles. The number of rotatable bonds is 4. The van der Waals surface area contributed by atoms with E-state index in [9.17, 15) is 13.2 Å². The molecular weight excluding hydrogens is 405 g/mol. The highest BCUT2D eigenvalue weighted by molar-refractivity contribution is 5.75. The zero-order chi connectivity index (χ0) is 22.0. The number of aryl methyl sites for hydroxylation is 1. The van der Waals surface area contributed by atoms with Gasteiger partial charge in [-0.05, 0) is 42.2 Å². The van der Waals surface area contributed by atoms with Gasteiger partial charge >= 0.3 is 0 Å². The SMILES string of the molecule is C.CC=Cc1ccc(-c2ccc(-c3ccc(-c4ccc(C)cc4)c(F)c3)c(F)c2F)cc1. The van der Waals surface area contributed by atoms with Crippen LogP contribution < -0.4 is 0 Å². The van der Waals surface area contributed by atoms with Crippen molar-refractivity contribution >= 4 is 6.08 Å². The fraction of sp³-hybridized carbons (Fsp3) is 0.103. The maximum atomic E-state index is 14.9. The third kappa shape index (κ3) is 4.52. The van der Waals surface area contributed by atoms with E-state index in [1.165, 1.54) is 18.2 Å². The molecule has 0 atom stereocenters. The molecule has 0 aliphatic rings. The lowest BCUT2D eigenvalue weighted by Gasteiger charge is -2.11. The second-order valence-corrected chi connectivity index (χ2v) is 7.47. The molecule has 32 heavy (non-hydrogen) atoms. The van der Waals surface area contributed by atoms with Gasteiger partial charge in [-0.2, -0.15) is 0 Å². The van der Waals surface area contributed by atoms with E-state index in [4.69, 9.17) is 0 Å². The van der Waals surface area contributed by atoms with Crippen molar-refractivity contribution in [1.29, 1.82) is 0 Å². The number of halogens is 3. The fourth-order valence-electron chi connectivity index (χ4n) is 3.61. The molecule has 0 heterocycles. The van der Waals surface area contributed by atoms with Crippen LogP contribution in [0.3, 0.4) is 0 Å². The van der Waals surface area contributed by atoms with Gasteiger partial charge in [-0.1, -0.05) is 97.9 Å². The van der Waals surface area contributed by atoms with E-state index in [-0.39, 0.29) is 18.6 Å². The minimum absolute atomic E-state index is 0. The minimum atomic E-state index is -0.988. The average Bonchev–Trinajstić information content (AvgIpc) is 2.77. The molecule has 0 saturated heterocycles. The van der Waals surface area contributed by atoms with E-state index in [1.807, 2.05) is 62.4 Å². The van der Waals surface area contributed by atoms with Gasteiger partial charge in [0.2, 0.25) is 0 Å². The van der Waals surface area contributed by atoms with Gasteiger partial charge in [0.15, 0.2) is 11.6 Å². The van der Waals surface area contributed by atoms with Crippen LogP contribution in [0.5, 0.6) is 0 Å². The van der Waals surface area contributed by atoms with Crippen LogP contribution in [0.1, 0.15) is 25.5 Å². The summed E-state index contributed by atoms with van der Waals surface area (Å²) in [4.78, 5) is 0. The molecule has 0 aliphatic carbocycles. The van der Waals surface area contributed by atoms with Crippen LogP contribution >= 0.6 is 0 Å². The summed E-state index contributed by atoms with van der Waals surface area (Å²) < 4.78 is 44.6. The molecule has 0 unspecified atom stereocenters. The Hall–Kier alpha value is -3.59. The topological polar surface area (TPSA) is 0 Å². The van der Waals surface area contributed by atoms with E-state index in [0.717, 1.165) is 16.7 Å². The molecule has 0 aliphatic heterocycles. The van der Waals surface area contributed by atoms with Gasteiger partial charge < -0.3 is 0 Å². The van der Waals surface area contributed by atoms with Crippen molar-refractivity contribution in [3.8, 4) is 33.4 Å². The molecule has 0 bridgehead atoms. The van der Waals surface area contributed by atoms with Crippen molar-refractivity contribution < 1.29 is 13.2 Å².